The van der Waals surface area contributed by atoms with Crippen LogP contribution in [0.25, 0.3) is 21.0 Å². The Labute approximate surface area is 176 Å². The highest BCUT2D eigenvalue weighted by Crippen LogP contribution is 2.33. The summed E-state index contributed by atoms with van der Waals surface area (Å²) >= 11 is 1.57. The molecule has 0 saturated carbocycles. The number of aromatic nitrogens is 2. The monoisotopic (exact) mass is 420 g/mol. The summed E-state index contributed by atoms with van der Waals surface area (Å²) in [7, 11) is 1.52. The summed E-state index contributed by atoms with van der Waals surface area (Å²) in [6, 6.07) is 11.3. The lowest BCUT2D eigenvalue weighted by Crippen LogP contribution is -2.15. The lowest BCUT2D eigenvalue weighted by molar-refractivity contribution is 0.0459. The van der Waals surface area contributed by atoms with Crippen LogP contribution < -0.4 is 10.3 Å². The summed E-state index contributed by atoms with van der Waals surface area (Å²) in [4.78, 5) is 34.7. The zero-order valence-corrected chi connectivity index (χ0v) is 17.3. The number of aryl methyl sites for hydroxylation is 2. The predicted molar refractivity (Wildman–Crippen MR) is 117 cm³/mol. The van der Waals surface area contributed by atoms with Crippen molar-refractivity contribution in [3.05, 3.63) is 68.6 Å². The van der Waals surface area contributed by atoms with Gasteiger partial charge in [-0.1, -0.05) is 24.3 Å². The summed E-state index contributed by atoms with van der Waals surface area (Å²) in [5.74, 6) is 0.270. The molecule has 0 aliphatic heterocycles. The number of nitrogens with zero attached hydrogens (tertiary/aromatic N) is 1. The number of hydrogen-bond donors (Lipinski definition) is 1. The average Bonchev–Trinajstić information content (AvgIpc) is 3.15. The molecule has 30 heavy (non-hydrogen) atoms. The molecule has 2 aromatic heterocycles. The van der Waals surface area contributed by atoms with Gasteiger partial charge in [0.2, 0.25) is 0 Å². The van der Waals surface area contributed by atoms with Crippen LogP contribution in [0, 0.1) is 0 Å². The summed E-state index contributed by atoms with van der Waals surface area (Å²) in [5.41, 5.74) is 1.32. The molecule has 1 aliphatic rings. The smallest absolute Gasteiger partial charge is 0.342 e. The van der Waals surface area contributed by atoms with Crippen molar-refractivity contribution in [2.24, 2.45) is 0 Å². The Hall–Kier alpha value is -3.19. The quantitative estimate of drug-likeness (QED) is 0.496. The number of aromatic amines is 1. The van der Waals surface area contributed by atoms with Gasteiger partial charge in [-0.25, -0.2) is 9.78 Å². The normalized spacial score (nSPS) is 13.4. The Morgan fingerprint density at radius 1 is 1.17 bits per heavy atom. The first-order valence-corrected chi connectivity index (χ1v) is 10.7. The van der Waals surface area contributed by atoms with Gasteiger partial charge in [-0.15, -0.1) is 11.3 Å². The number of fused-ring (bicyclic) bond motifs is 4. The van der Waals surface area contributed by atoms with Crippen LogP contribution in [0.4, 0.5) is 0 Å². The van der Waals surface area contributed by atoms with Gasteiger partial charge in [-0.2, -0.15) is 0 Å². The van der Waals surface area contributed by atoms with E-state index in [1.54, 1.807) is 17.4 Å². The second-order valence-electron chi connectivity index (χ2n) is 7.38. The molecule has 0 atom stereocenters. The van der Waals surface area contributed by atoms with Crippen LogP contribution in [0.15, 0.2) is 41.2 Å². The molecule has 2 aromatic carbocycles. The lowest BCUT2D eigenvalue weighted by Gasteiger charge is -2.11. The third-order valence-corrected chi connectivity index (χ3v) is 6.69. The molecule has 5 rings (SSSR count). The Balaban J connectivity index is 1.42. The number of hydrogen-bond acceptors (Lipinski definition) is 6. The van der Waals surface area contributed by atoms with Crippen molar-refractivity contribution in [2.45, 2.75) is 32.3 Å². The minimum atomic E-state index is -0.522. The van der Waals surface area contributed by atoms with Crippen LogP contribution >= 0.6 is 11.3 Å². The minimum Gasteiger partial charge on any atom is -0.496 e. The summed E-state index contributed by atoms with van der Waals surface area (Å²) in [5, 5.41) is 2.59. The van der Waals surface area contributed by atoms with E-state index in [4.69, 9.17) is 9.47 Å². The molecular formula is C23H20N2O4S. The first-order valence-electron chi connectivity index (χ1n) is 9.91. The molecule has 0 amide bonds. The topological polar surface area (TPSA) is 81.3 Å². The third-order valence-electron chi connectivity index (χ3n) is 5.50. The number of carbonyl (C=O) groups excluding carboxylic acids is 1. The molecule has 152 valence electrons. The van der Waals surface area contributed by atoms with E-state index in [-0.39, 0.29) is 12.2 Å². The van der Waals surface area contributed by atoms with Crippen molar-refractivity contribution in [3.8, 4) is 5.75 Å². The largest absolute Gasteiger partial charge is 0.496 e. The zero-order valence-electron chi connectivity index (χ0n) is 16.5. The fourth-order valence-corrected chi connectivity index (χ4v) is 5.32. The number of benzene rings is 2. The molecule has 6 nitrogen and oxygen atoms in total. The summed E-state index contributed by atoms with van der Waals surface area (Å²) in [6.07, 6.45) is 4.18. The van der Waals surface area contributed by atoms with E-state index in [1.165, 1.54) is 12.0 Å². The third kappa shape index (κ3) is 3.25. The molecule has 2 heterocycles. The SMILES string of the molecule is COc1cc2ccccc2cc1C(=O)OCc1nc2sc3c(c2c(=O)[nH]1)CCCC3. The minimum absolute atomic E-state index is 0.109. The van der Waals surface area contributed by atoms with Gasteiger partial charge in [0.1, 0.15) is 28.6 Å². The Morgan fingerprint density at radius 2 is 1.93 bits per heavy atom. The highest BCUT2D eigenvalue weighted by molar-refractivity contribution is 7.18. The number of thiophene rings is 1. The number of carbonyl (C=O) groups is 1. The fraction of sp³-hybridized carbons (Fsp3) is 0.261. The zero-order chi connectivity index (χ0) is 20.7. The number of rotatable bonds is 4. The van der Waals surface area contributed by atoms with Gasteiger partial charge >= 0.3 is 5.97 Å². The maximum atomic E-state index is 12.7. The van der Waals surface area contributed by atoms with Gasteiger partial charge in [0, 0.05) is 4.88 Å². The van der Waals surface area contributed by atoms with Gasteiger partial charge < -0.3 is 14.5 Å². The van der Waals surface area contributed by atoms with Crippen LogP contribution in [0.3, 0.4) is 0 Å². The Morgan fingerprint density at radius 3 is 2.73 bits per heavy atom. The number of methoxy groups -OCH3 is 1. The van der Waals surface area contributed by atoms with Crippen molar-refractivity contribution >= 4 is 38.3 Å². The van der Waals surface area contributed by atoms with Gasteiger partial charge in [0.25, 0.3) is 5.56 Å². The highest BCUT2D eigenvalue weighted by Gasteiger charge is 2.21. The van der Waals surface area contributed by atoms with E-state index >= 15 is 0 Å². The second kappa shape index (κ2) is 7.57. The number of esters is 1. The maximum absolute atomic E-state index is 12.7. The van der Waals surface area contributed by atoms with E-state index in [1.807, 2.05) is 30.3 Å². The van der Waals surface area contributed by atoms with E-state index in [9.17, 15) is 9.59 Å². The molecular weight excluding hydrogens is 400 g/mol. The van der Waals surface area contributed by atoms with E-state index in [0.29, 0.717) is 22.5 Å². The Bertz CT molecular complexity index is 1340. The number of ether oxygens (including phenoxy) is 2. The maximum Gasteiger partial charge on any atom is 0.342 e. The first kappa shape index (κ1) is 18.8. The fourth-order valence-electron chi connectivity index (χ4n) is 4.04. The molecule has 0 spiro atoms. The van der Waals surface area contributed by atoms with Crippen LogP contribution in [0.1, 0.15) is 39.5 Å². The van der Waals surface area contributed by atoms with Gasteiger partial charge in [0.05, 0.1) is 12.5 Å². The standard InChI is InChI=1S/C23H20N2O4S/c1-28-17-11-14-7-3-2-6-13(14)10-16(17)23(27)29-12-19-24-21(26)20-15-8-4-5-9-18(15)30-22(20)25-19/h2-3,6-7,10-11H,4-5,8-9,12H2,1H3,(H,24,25,26). The van der Waals surface area contributed by atoms with E-state index < -0.39 is 5.97 Å². The molecule has 4 aromatic rings. The molecule has 0 bridgehead atoms. The van der Waals surface area contributed by atoms with E-state index in [0.717, 1.165) is 46.8 Å². The molecule has 1 N–H and O–H groups in total. The number of nitrogens with one attached hydrogen (secondary N) is 1. The number of H-pyrrole nitrogens is 1. The lowest BCUT2D eigenvalue weighted by atomic mass is 9.97. The van der Waals surface area contributed by atoms with Gasteiger partial charge in [-0.05, 0) is 54.2 Å². The molecule has 0 saturated heterocycles. The molecule has 0 fully saturated rings. The van der Waals surface area contributed by atoms with Crippen LogP contribution in [0.2, 0.25) is 0 Å². The van der Waals surface area contributed by atoms with Crippen LogP contribution in [-0.4, -0.2) is 23.0 Å². The molecule has 0 radical (unpaired) electrons. The molecule has 0 unspecified atom stereocenters. The highest BCUT2D eigenvalue weighted by atomic mass is 32.1. The van der Waals surface area contributed by atoms with Crippen molar-refractivity contribution in [1.82, 2.24) is 9.97 Å². The van der Waals surface area contributed by atoms with Crippen molar-refractivity contribution in [3.63, 3.8) is 0 Å². The van der Waals surface area contributed by atoms with Crippen molar-refractivity contribution < 1.29 is 14.3 Å². The summed E-state index contributed by atoms with van der Waals surface area (Å²) in [6.45, 7) is -0.109. The Kier molecular flexibility index (Phi) is 4.75. The molecule has 1 aliphatic carbocycles. The van der Waals surface area contributed by atoms with Crippen LogP contribution in [0.5, 0.6) is 5.75 Å². The van der Waals surface area contributed by atoms with Gasteiger partial charge in [-0.3, -0.25) is 4.79 Å². The van der Waals surface area contributed by atoms with Crippen molar-refractivity contribution in [2.75, 3.05) is 7.11 Å². The van der Waals surface area contributed by atoms with Gasteiger partial charge in [0.15, 0.2) is 0 Å². The average molecular weight is 420 g/mol. The first-order chi connectivity index (χ1) is 14.6. The van der Waals surface area contributed by atoms with E-state index in [2.05, 4.69) is 9.97 Å². The molecule has 7 heteroatoms. The summed E-state index contributed by atoms with van der Waals surface area (Å²) < 4.78 is 10.8. The predicted octanol–water partition coefficient (Wildman–Crippen LogP) is 4.38. The van der Waals surface area contributed by atoms with Crippen molar-refractivity contribution in [1.29, 1.82) is 0 Å². The second-order valence-corrected chi connectivity index (χ2v) is 8.46. The van der Waals surface area contributed by atoms with Crippen LogP contribution in [-0.2, 0) is 24.2 Å².